The van der Waals surface area contributed by atoms with Crippen LogP contribution >= 0.6 is 0 Å². The molecule has 5 nitrogen and oxygen atoms in total. The average molecular weight is 276 g/mol. The van der Waals surface area contributed by atoms with Crippen LogP contribution in [0, 0.1) is 0 Å². The minimum atomic E-state index is -0.175. The Labute approximate surface area is 118 Å². The molecule has 3 N–H and O–H groups in total. The zero-order chi connectivity index (χ0) is 14.8. The maximum absolute atomic E-state index is 11.6. The van der Waals surface area contributed by atoms with Gasteiger partial charge in [0.1, 0.15) is 0 Å². The Hall–Kier alpha value is -2.14. The minimum Gasteiger partial charge on any atom is -0.396 e. The molecule has 0 saturated heterocycles. The van der Waals surface area contributed by atoms with E-state index in [-0.39, 0.29) is 18.4 Å². The summed E-state index contributed by atoms with van der Waals surface area (Å²) < 4.78 is 0. The highest BCUT2D eigenvalue weighted by molar-refractivity contribution is 5.95. The maximum Gasteiger partial charge on any atom is 0.251 e. The van der Waals surface area contributed by atoms with Gasteiger partial charge >= 0.3 is 0 Å². The molecule has 0 aliphatic rings. The molecule has 0 aromatic heterocycles. The van der Waals surface area contributed by atoms with Crippen LogP contribution in [0.1, 0.15) is 29.6 Å². The predicted octanol–water partition coefficient (Wildman–Crippen LogP) is 1.70. The van der Waals surface area contributed by atoms with Crippen LogP contribution in [-0.4, -0.2) is 30.1 Å². The van der Waals surface area contributed by atoms with Crippen molar-refractivity contribution in [3.63, 3.8) is 0 Å². The van der Waals surface area contributed by atoms with Gasteiger partial charge in [-0.05, 0) is 37.1 Å². The monoisotopic (exact) mass is 276 g/mol. The number of benzene rings is 1. The van der Waals surface area contributed by atoms with Crippen LogP contribution in [0.3, 0.4) is 0 Å². The van der Waals surface area contributed by atoms with Crippen LogP contribution in [0.25, 0.3) is 0 Å². The van der Waals surface area contributed by atoms with Gasteiger partial charge in [0.15, 0.2) is 0 Å². The molecule has 5 heteroatoms. The van der Waals surface area contributed by atoms with Gasteiger partial charge in [-0.1, -0.05) is 6.08 Å². The van der Waals surface area contributed by atoms with Crippen LogP contribution < -0.4 is 10.6 Å². The average Bonchev–Trinajstić information content (AvgIpc) is 2.46. The van der Waals surface area contributed by atoms with Crippen molar-refractivity contribution in [3.8, 4) is 0 Å². The summed E-state index contributed by atoms with van der Waals surface area (Å²) in [5.74, 6) is -0.270. The van der Waals surface area contributed by atoms with Gasteiger partial charge in [-0.3, -0.25) is 9.59 Å². The van der Waals surface area contributed by atoms with Gasteiger partial charge < -0.3 is 15.7 Å². The molecule has 0 bridgehead atoms. The van der Waals surface area contributed by atoms with Crippen LogP contribution in [0.5, 0.6) is 0 Å². The van der Waals surface area contributed by atoms with Crippen molar-refractivity contribution in [2.45, 2.75) is 19.3 Å². The zero-order valence-electron chi connectivity index (χ0n) is 11.4. The first kappa shape index (κ1) is 15.9. The van der Waals surface area contributed by atoms with Gasteiger partial charge in [0.25, 0.3) is 5.91 Å². The van der Waals surface area contributed by atoms with Crippen molar-refractivity contribution in [1.82, 2.24) is 5.32 Å². The number of anilines is 1. The number of rotatable bonds is 8. The SMILES string of the molecule is C=CCNC(=O)c1ccc(NC(=O)CCCCO)cc1. The summed E-state index contributed by atoms with van der Waals surface area (Å²) in [5, 5.41) is 14.1. The smallest absolute Gasteiger partial charge is 0.251 e. The first-order valence-corrected chi connectivity index (χ1v) is 6.57. The van der Waals surface area contributed by atoms with Gasteiger partial charge in [0.2, 0.25) is 5.91 Å². The molecule has 0 heterocycles. The summed E-state index contributed by atoms with van der Waals surface area (Å²) >= 11 is 0. The van der Waals surface area contributed by atoms with E-state index >= 15 is 0 Å². The minimum absolute atomic E-state index is 0.0951. The summed E-state index contributed by atoms with van der Waals surface area (Å²) in [6, 6.07) is 6.68. The Kier molecular flexibility index (Phi) is 7.06. The largest absolute Gasteiger partial charge is 0.396 e. The summed E-state index contributed by atoms with van der Waals surface area (Å²) in [6.45, 7) is 4.04. The van der Waals surface area contributed by atoms with Gasteiger partial charge in [0, 0.05) is 30.8 Å². The molecule has 0 atom stereocenters. The highest BCUT2D eigenvalue weighted by Gasteiger charge is 2.05. The van der Waals surface area contributed by atoms with Crippen LogP contribution in [0.4, 0.5) is 5.69 Å². The van der Waals surface area contributed by atoms with Crippen LogP contribution in [-0.2, 0) is 4.79 Å². The van der Waals surface area contributed by atoms with E-state index in [0.717, 1.165) is 0 Å². The number of unbranched alkanes of at least 4 members (excludes halogenated alkanes) is 1. The maximum atomic E-state index is 11.6. The number of nitrogens with one attached hydrogen (secondary N) is 2. The summed E-state index contributed by atoms with van der Waals surface area (Å²) in [6.07, 6.45) is 3.27. The zero-order valence-corrected chi connectivity index (χ0v) is 11.4. The van der Waals surface area contributed by atoms with Crippen LogP contribution in [0.15, 0.2) is 36.9 Å². The Morgan fingerprint density at radius 3 is 2.50 bits per heavy atom. The van der Waals surface area contributed by atoms with E-state index in [2.05, 4.69) is 17.2 Å². The van der Waals surface area contributed by atoms with Crippen molar-refractivity contribution in [2.75, 3.05) is 18.5 Å². The number of amides is 2. The van der Waals surface area contributed by atoms with Crippen molar-refractivity contribution in [1.29, 1.82) is 0 Å². The lowest BCUT2D eigenvalue weighted by atomic mass is 10.2. The Morgan fingerprint density at radius 1 is 1.20 bits per heavy atom. The topological polar surface area (TPSA) is 78.4 Å². The van der Waals surface area contributed by atoms with Crippen molar-refractivity contribution < 1.29 is 14.7 Å². The molecule has 0 fully saturated rings. The molecule has 1 rings (SSSR count). The normalized spacial score (nSPS) is 9.85. The molecule has 1 aromatic carbocycles. The molecule has 0 saturated carbocycles. The lowest BCUT2D eigenvalue weighted by molar-refractivity contribution is -0.116. The molecule has 1 aromatic rings. The highest BCUT2D eigenvalue weighted by Crippen LogP contribution is 2.10. The number of aliphatic hydroxyl groups is 1. The van der Waals surface area contributed by atoms with E-state index in [1.807, 2.05) is 0 Å². The number of hydrogen-bond donors (Lipinski definition) is 3. The third-order valence-electron chi connectivity index (χ3n) is 2.65. The molecule has 0 spiro atoms. The van der Waals surface area contributed by atoms with Gasteiger partial charge in [-0.25, -0.2) is 0 Å². The van der Waals surface area contributed by atoms with Gasteiger partial charge in [-0.2, -0.15) is 0 Å². The fourth-order valence-corrected chi connectivity index (χ4v) is 1.59. The Bertz CT molecular complexity index is 455. The first-order valence-electron chi connectivity index (χ1n) is 6.57. The predicted molar refractivity (Wildman–Crippen MR) is 78.5 cm³/mol. The van der Waals surface area contributed by atoms with E-state index in [4.69, 9.17) is 5.11 Å². The second kappa shape index (κ2) is 8.87. The third-order valence-corrected chi connectivity index (χ3v) is 2.65. The number of aliphatic hydroxyl groups excluding tert-OH is 1. The molecule has 108 valence electrons. The van der Waals surface area contributed by atoms with E-state index in [1.165, 1.54) is 0 Å². The number of carbonyl (C=O) groups excluding carboxylic acids is 2. The summed E-state index contributed by atoms with van der Waals surface area (Å²) in [5.41, 5.74) is 1.18. The highest BCUT2D eigenvalue weighted by atomic mass is 16.3. The second-order valence-electron chi connectivity index (χ2n) is 4.30. The van der Waals surface area contributed by atoms with E-state index in [1.54, 1.807) is 30.3 Å². The molecule has 2 amide bonds. The molecular formula is C15H20N2O3. The Morgan fingerprint density at radius 2 is 1.90 bits per heavy atom. The van der Waals surface area contributed by atoms with E-state index in [0.29, 0.717) is 37.1 Å². The lowest BCUT2D eigenvalue weighted by Crippen LogP contribution is -2.23. The van der Waals surface area contributed by atoms with Gasteiger partial charge in [-0.15, -0.1) is 6.58 Å². The summed E-state index contributed by atoms with van der Waals surface area (Å²) in [4.78, 5) is 23.2. The number of carbonyl (C=O) groups is 2. The fraction of sp³-hybridized carbons (Fsp3) is 0.333. The van der Waals surface area contributed by atoms with Crippen molar-refractivity contribution >= 4 is 17.5 Å². The standard InChI is InChI=1S/C15H20N2O3/c1-2-10-16-15(20)12-6-8-13(9-7-12)17-14(19)5-3-4-11-18/h2,6-9,18H,1,3-5,10-11H2,(H,16,20)(H,17,19). The lowest BCUT2D eigenvalue weighted by Gasteiger charge is -2.06. The number of hydrogen-bond acceptors (Lipinski definition) is 3. The molecular weight excluding hydrogens is 256 g/mol. The van der Waals surface area contributed by atoms with E-state index in [9.17, 15) is 9.59 Å². The quantitative estimate of drug-likeness (QED) is 0.499. The second-order valence-corrected chi connectivity index (χ2v) is 4.30. The molecule has 0 radical (unpaired) electrons. The molecule has 0 aliphatic heterocycles. The first-order chi connectivity index (χ1) is 9.67. The third kappa shape index (κ3) is 5.67. The van der Waals surface area contributed by atoms with Crippen LogP contribution in [0.2, 0.25) is 0 Å². The fourth-order valence-electron chi connectivity index (χ4n) is 1.59. The van der Waals surface area contributed by atoms with E-state index < -0.39 is 0 Å². The molecule has 0 aliphatic carbocycles. The molecule has 0 unspecified atom stereocenters. The Balaban J connectivity index is 2.47. The van der Waals surface area contributed by atoms with Gasteiger partial charge in [0.05, 0.1) is 0 Å². The van der Waals surface area contributed by atoms with Crippen molar-refractivity contribution in [3.05, 3.63) is 42.5 Å². The summed E-state index contributed by atoms with van der Waals surface area (Å²) in [7, 11) is 0. The molecule has 20 heavy (non-hydrogen) atoms. The van der Waals surface area contributed by atoms with Crippen molar-refractivity contribution in [2.24, 2.45) is 0 Å².